The van der Waals surface area contributed by atoms with Crippen LogP contribution in [-0.4, -0.2) is 19.7 Å². The lowest BCUT2D eigenvalue weighted by atomic mass is 10.0. The fraction of sp³-hybridized carbons (Fsp3) is 0.316. The van der Waals surface area contributed by atoms with Crippen LogP contribution in [-0.2, 0) is 20.9 Å². The van der Waals surface area contributed by atoms with Crippen LogP contribution in [0, 0.1) is 11.8 Å². The maximum atomic E-state index is 11.3. The molecule has 2 unspecified atom stereocenters. The first-order valence-electron chi connectivity index (χ1n) is 7.58. The van der Waals surface area contributed by atoms with Crippen molar-refractivity contribution >= 4 is 5.97 Å². The molecular formula is C19H20O3. The third-order valence-electron chi connectivity index (χ3n) is 4.09. The normalized spacial score (nSPS) is 19.7. The Labute approximate surface area is 130 Å². The number of ether oxygens (including phenoxy) is 2. The highest BCUT2D eigenvalue weighted by Gasteiger charge is 2.43. The Kier molecular flexibility index (Phi) is 4.54. The zero-order chi connectivity index (χ0) is 15.4. The van der Waals surface area contributed by atoms with E-state index >= 15 is 0 Å². The van der Waals surface area contributed by atoms with Crippen LogP contribution >= 0.6 is 0 Å². The Morgan fingerprint density at radius 2 is 1.73 bits per heavy atom. The van der Waals surface area contributed by atoms with E-state index in [1.165, 1.54) is 18.2 Å². The molecule has 114 valence electrons. The second-order valence-electron chi connectivity index (χ2n) is 5.70. The second kappa shape index (κ2) is 6.75. The molecule has 1 aliphatic rings. The molecule has 2 aromatic rings. The van der Waals surface area contributed by atoms with E-state index in [1.54, 1.807) is 0 Å². The summed E-state index contributed by atoms with van der Waals surface area (Å²) in [4.78, 5) is 11.3. The lowest BCUT2D eigenvalue weighted by molar-refractivity contribution is -0.142. The van der Waals surface area contributed by atoms with E-state index < -0.39 is 0 Å². The number of hydrogen-bond donors (Lipinski definition) is 0. The number of carbonyl (C=O) groups excluding carboxylic acids is 1. The fourth-order valence-electron chi connectivity index (χ4n) is 2.62. The molecule has 3 heteroatoms. The van der Waals surface area contributed by atoms with Gasteiger partial charge >= 0.3 is 5.97 Å². The predicted molar refractivity (Wildman–Crippen MR) is 85.1 cm³/mol. The van der Waals surface area contributed by atoms with Gasteiger partial charge in [-0.15, -0.1) is 0 Å². The highest BCUT2D eigenvalue weighted by Crippen LogP contribution is 2.39. The second-order valence-corrected chi connectivity index (χ2v) is 5.70. The minimum Gasteiger partial charge on any atom is -0.469 e. The molecule has 3 nitrogen and oxygen atoms in total. The van der Waals surface area contributed by atoms with Crippen LogP contribution in [0.5, 0.6) is 0 Å². The summed E-state index contributed by atoms with van der Waals surface area (Å²) >= 11 is 0. The average molecular weight is 296 g/mol. The lowest BCUT2D eigenvalue weighted by Gasteiger charge is -2.06. The van der Waals surface area contributed by atoms with Gasteiger partial charge in [-0.3, -0.25) is 4.79 Å². The standard InChI is InChI=1S/C19H20O3/c1-21-19(20)18-11-17(18)13-22-12-14-7-9-16(10-8-14)15-5-3-2-4-6-15/h2-10,17-18H,11-13H2,1H3. The highest BCUT2D eigenvalue weighted by molar-refractivity contribution is 5.75. The summed E-state index contributed by atoms with van der Waals surface area (Å²) in [6.45, 7) is 1.21. The van der Waals surface area contributed by atoms with Crippen molar-refractivity contribution in [2.75, 3.05) is 13.7 Å². The van der Waals surface area contributed by atoms with Gasteiger partial charge in [0.05, 0.1) is 26.2 Å². The maximum absolute atomic E-state index is 11.3. The SMILES string of the molecule is COC(=O)C1CC1COCc1ccc(-c2ccccc2)cc1. The molecule has 0 saturated heterocycles. The maximum Gasteiger partial charge on any atom is 0.309 e. The average Bonchev–Trinajstić information content (AvgIpc) is 3.35. The van der Waals surface area contributed by atoms with Crippen LogP contribution in [0.25, 0.3) is 11.1 Å². The Morgan fingerprint density at radius 1 is 1.05 bits per heavy atom. The predicted octanol–water partition coefficient (Wildman–Crippen LogP) is 3.68. The molecule has 0 radical (unpaired) electrons. The summed E-state index contributed by atoms with van der Waals surface area (Å²) in [6.07, 6.45) is 0.889. The van der Waals surface area contributed by atoms with Crippen molar-refractivity contribution < 1.29 is 14.3 Å². The van der Waals surface area contributed by atoms with Crippen LogP contribution in [0.3, 0.4) is 0 Å². The van der Waals surface area contributed by atoms with E-state index in [2.05, 4.69) is 36.4 Å². The lowest BCUT2D eigenvalue weighted by Crippen LogP contribution is -2.07. The molecule has 0 N–H and O–H groups in total. The molecule has 0 bridgehead atoms. The molecule has 0 aromatic heterocycles. The topological polar surface area (TPSA) is 35.5 Å². The van der Waals surface area contributed by atoms with E-state index in [9.17, 15) is 4.79 Å². The zero-order valence-corrected chi connectivity index (χ0v) is 12.7. The third kappa shape index (κ3) is 3.55. The number of benzene rings is 2. The van der Waals surface area contributed by atoms with Crippen LogP contribution in [0.15, 0.2) is 54.6 Å². The van der Waals surface area contributed by atoms with Crippen molar-refractivity contribution in [3.05, 3.63) is 60.2 Å². The summed E-state index contributed by atoms with van der Waals surface area (Å²) in [5.74, 6) is 0.266. The third-order valence-corrected chi connectivity index (χ3v) is 4.09. The van der Waals surface area contributed by atoms with Gasteiger partial charge in [0.1, 0.15) is 0 Å². The smallest absolute Gasteiger partial charge is 0.309 e. The van der Waals surface area contributed by atoms with E-state index in [1.807, 2.05) is 18.2 Å². The van der Waals surface area contributed by atoms with Crippen molar-refractivity contribution in [1.29, 1.82) is 0 Å². The van der Waals surface area contributed by atoms with E-state index in [4.69, 9.17) is 9.47 Å². The Balaban J connectivity index is 1.47. The van der Waals surface area contributed by atoms with Gasteiger partial charge in [-0.1, -0.05) is 54.6 Å². The van der Waals surface area contributed by atoms with Gasteiger partial charge in [-0.05, 0) is 29.0 Å². The van der Waals surface area contributed by atoms with E-state index in [0.29, 0.717) is 19.1 Å². The number of methoxy groups -OCH3 is 1. The molecule has 1 saturated carbocycles. The Bertz CT molecular complexity index is 619. The van der Waals surface area contributed by atoms with Crippen molar-refractivity contribution in [2.24, 2.45) is 11.8 Å². The van der Waals surface area contributed by atoms with Gasteiger partial charge in [-0.2, -0.15) is 0 Å². The zero-order valence-electron chi connectivity index (χ0n) is 12.7. The Hall–Kier alpha value is -2.13. The first-order valence-corrected chi connectivity index (χ1v) is 7.58. The molecule has 0 aliphatic heterocycles. The van der Waals surface area contributed by atoms with Crippen molar-refractivity contribution in [3.63, 3.8) is 0 Å². The van der Waals surface area contributed by atoms with E-state index in [-0.39, 0.29) is 11.9 Å². The first kappa shape index (κ1) is 14.8. The minimum absolute atomic E-state index is 0.0467. The van der Waals surface area contributed by atoms with Gasteiger partial charge in [0.15, 0.2) is 0 Å². The molecule has 1 aliphatic carbocycles. The molecule has 0 spiro atoms. The van der Waals surface area contributed by atoms with Crippen LogP contribution in [0.1, 0.15) is 12.0 Å². The van der Waals surface area contributed by atoms with E-state index in [0.717, 1.165) is 12.0 Å². The van der Waals surface area contributed by atoms with Gasteiger partial charge in [-0.25, -0.2) is 0 Å². The molecule has 2 atom stereocenters. The number of hydrogen-bond acceptors (Lipinski definition) is 3. The fourth-order valence-corrected chi connectivity index (χ4v) is 2.62. The summed E-state index contributed by atoms with van der Waals surface area (Å²) < 4.78 is 10.4. The van der Waals surface area contributed by atoms with Gasteiger partial charge in [0.25, 0.3) is 0 Å². The summed E-state index contributed by atoms with van der Waals surface area (Å²) in [5, 5.41) is 0. The quantitative estimate of drug-likeness (QED) is 0.763. The molecule has 1 fully saturated rings. The minimum atomic E-state index is -0.110. The molecule has 3 rings (SSSR count). The summed E-state index contributed by atoms with van der Waals surface area (Å²) in [5.41, 5.74) is 3.57. The van der Waals surface area contributed by atoms with Crippen LogP contribution < -0.4 is 0 Å². The largest absolute Gasteiger partial charge is 0.469 e. The van der Waals surface area contributed by atoms with Crippen LogP contribution in [0.4, 0.5) is 0 Å². The van der Waals surface area contributed by atoms with Gasteiger partial charge < -0.3 is 9.47 Å². The molecule has 0 amide bonds. The molecule has 0 heterocycles. The molecular weight excluding hydrogens is 276 g/mol. The van der Waals surface area contributed by atoms with Crippen molar-refractivity contribution in [2.45, 2.75) is 13.0 Å². The summed E-state index contributed by atoms with van der Waals surface area (Å²) in [7, 11) is 1.44. The molecule has 22 heavy (non-hydrogen) atoms. The number of carbonyl (C=O) groups is 1. The van der Waals surface area contributed by atoms with Crippen LogP contribution in [0.2, 0.25) is 0 Å². The first-order chi connectivity index (χ1) is 10.8. The molecule has 2 aromatic carbocycles. The van der Waals surface area contributed by atoms with Crippen molar-refractivity contribution in [3.8, 4) is 11.1 Å². The van der Waals surface area contributed by atoms with Crippen molar-refractivity contribution in [1.82, 2.24) is 0 Å². The Morgan fingerprint density at radius 3 is 2.41 bits per heavy atom. The monoisotopic (exact) mass is 296 g/mol. The van der Waals surface area contributed by atoms with Gasteiger partial charge in [0, 0.05) is 0 Å². The number of esters is 1. The summed E-state index contributed by atoms with van der Waals surface area (Å²) in [6, 6.07) is 18.7. The number of rotatable bonds is 6. The van der Waals surface area contributed by atoms with Gasteiger partial charge in [0.2, 0.25) is 0 Å². The highest BCUT2D eigenvalue weighted by atomic mass is 16.5.